The molecule has 0 aromatic heterocycles. The lowest BCUT2D eigenvalue weighted by Gasteiger charge is -2.11. The van der Waals surface area contributed by atoms with E-state index in [4.69, 9.17) is 15.7 Å². The van der Waals surface area contributed by atoms with Gasteiger partial charge >= 0.3 is 6.03 Å². The molecule has 2 rings (SSSR count). The lowest BCUT2D eigenvalue weighted by Crippen LogP contribution is -2.20. The van der Waals surface area contributed by atoms with E-state index in [1.807, 2.05) is 6.07 Å². The number of nitrogens with two attached hydrogens (primary N) is 1. The first kappa shape index (κ1) is 14.2. The zero-order valence-corrected chi connectivity index (χ0v) is 11.4. The van der Waals surface area contributed by atoms with E-state index in [1.165, 1.54) is 7.11 Å². The fourth-order valence-corrected chi connectivity index (χ4v) is 1.68. The Labute approximate surface area is 122 Å². The van der Waals surface area contributed by atoms with Gasteiger partial charge in [-0.2, -0.15) is 5.26 Å². The van der Waals surface area contributed by atoms with Crippen LogP contribution in [0.5, 0.6) is 5.75 Å². The van der Waals surface area contributed by atoms with Crippen LogP contribution in [0, 0.1) is 11.3 Å². The van der Waals surface area contributed by atoms with E-state index in [0.717, 1.165) is 0 Å². The van der Waals surface area contributed by atoms with Gasteiger partial charge in [-0.25, -0.2) is 4.79 Å². The first-order valence-corrected chi connectivity index (χ1v) is 6.14. The Morgan fingerprint density at radius 1 is 1.19 bits per heavy atom. The van der Waals surface area contributed by atoms with Gasteiger partial charge < -0.3 is 21.1 Å². The van der Waals surface area contributed by atoms with Crippen molar-refractivity contribution in [2.75, 3.05) is 23.5 Å². The summed E-state index contributed by atoms with van der Waals surface area (Å²) in [5, 5.41) is 14.0. The Kier molecular flexibility index (Phi) is 4.26. The number of nitrogens with zero attached hydrogens (tertiary/aromatic N) is 1. The number of rotatable bonds is 3. The number of urea groups is 1. The minimum absolute atomic E-state index is 0.431. The number of benzene rings is 2. The lowest BCUT2D eigenvalue weighted by atomic mass is 10.2. The molecule has 6 nitrogen and oxygen atoms in total. The molecule has 4 N–H and O–H groups in total. The Balaban J connectivity index is 2.06. The van der Waals surface area contributed by atoms with E-state index in [-0.39, 0.29) is 0 Å². The molecule has 21 heavy (non-hydrogen) atoms. The molecule has 106 valence electrons. The third-order valence-electron chi connectivity index (χ3n) is 2.78. The summed E-state index contributed by atoms with van der Waals surface area (Å²) in [7, 11) is 1.53. The monoisotopic (exact) mass is 282 g/mol. The van der Waals surface area contributed by atoms with Crippen LogP contribution in [-0.2, 0) is 0 Å². The molecule has 0 unspecified atom stereocenters. The highest BCUT2D eigenvalue weighted by Crippen LogP contribution is 2.24. The molecular weight excluding hydrogens is 268 g/mol. The third-order valence-corrected chi connectivity index (χ3v) is 2.78. The largest absolute Gasteiger partial charge is 0.497 e. The summed E-state index contributed by atoms with van der Waals surface area (Å²) in [6.45, 7) is 0. The maximum Gasteiger partial charge on any atom is 0.323 e. The van der Waals surface area contributed by atoms with Crippen LogP contribution in [0.3, 0.4) is 0 Å². The van der Waals surface area contributed by atoms with Crippen molar-refractivity contribution in [3.63, 3.8) is 0 Å². The fourth-order valence-electron chi connectivity index (χ4n) is 1.68. The zero-order valence-electron chi connectivity index (χ0n) is 11.4. The van der Waals surface area contributed by atoms with Crippen molar-refractivity contribution in [1.82, 2.24) is 0 Å². The summed E-state index contributed by atoms with van der Waals surface area (Å²) in [4.78, 5) is 11.9. The van der Waals surface area contributed by atoms with E-state index in [1.54, 1.807) is 42.5 Å². The van der Waals surface area contributed by atoms with Crippen LogP contribution >= 0.6 is 0 Å². The van der Waals surface area contributed by atoms with Crippen molar-refractivity contribution < 1.29 is 9.53 Å². The number of carbonyl (C=O) groups excluding carboxylic acids is 1. The van der Waals surface area contributed by atoms with E-state index < -0.39 is 6.03 Å². The number of ether oxygens (including phenoxy) is 1. The third kappa shape index (κ3) is 3.64. The second-order valence-corrected chi connectivity index (χ2v) is 4.22. The first-order chi connectivity index (χ1) is 10.1. The van der Waals surface area contributed by atoms with Gasteiger partial charge in [-0.15, -0.1) is 0 Å². The maximum atomic E-state index is 11.9. The van der Waals surface area contributed by atoms with Crippen LogP contribution in [0.25, 0.3) is 0 Å². The van der Waals surface area contributed by atoms with Gasteiger partial charge in [0.25, 0.3) is 0 Å². The molecule has 2 amide bonds. The molecule has 0 heterocycles. The molecule has 0 fully saturated rings. The minimum Gasteiger partial charge on any atom is -0.497 e. The van der Waals surface area contributed by atoms with Crippen LogP contribution in [0.1, 0.15) is 5.56 Å². The molecule has 0 aliphatic heterocycles. The predicted octanol–water partition coefficient (Wildman–Crippen LogP) is 2.79. The van der Waals surface area contributed by atoms with Crippen LogP contribution < -0.4 is 21.1 Å². The maximum absolute atomic E-state index is 11.9. The fraction of sp³-hybridized carbons (Fsp3) is 0.0667. The summed E-state index contributed by atoms with van der Waals surface area (Å²) >= 11 is 0. The van der Waals surface area contributed by atoms with Crippen LogP contribution in [0.4, 0.5) is 21.9 Å². The SMILES string of the molecule is COc1ccc(N)c(NC(=O)Nc2ccc(C#N)cc2)c1. The average Bonchev–Trinajstić information content (AvgIpc) is 2.50. The molecule has 2 aromatic carbocycles. The summed E-state index contributed by atoms with van der Waals surface area (Å²) < 4.78 is 5.08. The van der Waals surface area contributed by atoms with E-state index in [2.05, 4.69) is 10.6 Å². The molecule has 6 heteroatoms. The van der Waals surface area contributed by atoms with Gasteiger partial charge in [-0.3, -0.25) is 0 Å². The van der Waals surface area contributed by atoms with Crippen LogP contribution in [0.15, 0.2) is 42.5 Å². The second kappa shape index (κ2) is 6.30. The van der Waals surface area contributed by atoms with E-state index in [9.17, 15) is 4.79 Å². The topological polar surface area (TPSA) is 100 Å². The van der Waals surface area contributed by atoms with Gasteiger partial charge in [-0.1, -0.05) is 0 Å². The van der Waals surface area contributed by atoms with Crippen molar-refractivity contribution in [2.45, 2.75) is 0 Å². The smallest absolute Gasteiger partial charge is 0.323 e. The zero-order chi connectivity index (χ0) is 15.2. The van der Waals surface area contributed by atoms with Crippen LogP contribution in [0.2, 0.25) is 0 Å². The van der Waals surface area contributed by atoms with Crippen molar-refractivity contribution in [1.29, 1.82) is 5.26 Å². The Bertz CT molecular complexity index is 690. The number of anilines is 3. The summed E-state index contributed by atoms with van der Waals surface area (Å²) in [5.74, 6) is 0.595. The number of nitrogen functional groups attached to an aromatic ring is 1. The Morgan fingerprint density at radius 2 is 1.90 bits per heavy atom. The summed E-state index contributed by atoms with van der Waals surface area (Å²) in [5.41, 5.74) is 7.79. The van der Waals surface area contributed by atoms with Gasteiger partial charge in [0.1, 0.15) is 5.75 Å². The summed E-state index contributed by atoms with van der Waals surface area (Å²) in [6, 6.07) is 13.1. The molecule has 2 aromatic rings. The number of hydrogen-bond donors (Lipinski definition) is 3. The van der Waals surface area contributed by atoms with E-state index in [0.29, 0.717) is 28.4 Å². The summed E-state index contributed by atoms with van der Waals surface area (Å²) in [6.07, 6.45) is 0. The molecule has 0 saturated heterocycles. The molecular formula is C15H14N4O2. The van der Waals surface area contributed by atoms with Gasteiger partial charge in [0.15, 0.2) is 0 Å². The molecule has 0 bridgehead atoms. The molecule has 0 saturated carbocycles. The number of hydrogen-bond acceptors (Lipinski definition) is 4. The number of methoxy groups -OCH3 is 1. The van der Waals surface area contributed by atoms with Crippen molar-refractivity contribution in [3.8, 4) is 11.8 Å². The highest BCUT2D eigenvalue weighted by atomic mass is 16.5. The van der Waals surface area contributed by atoms with E-state index >= 15 is 0 Å². The molecule has 0 spiro atoms. The van der Waals surface area contributed by atoms with Crippen molar-refractivity contribution >= 4 is 23.1 Å². The molecule has 0 radical (unpaired) electrons. The number of amides is 2. The minimum atomic E-state index is -0.431. The molecule has 0 aliphatic rings. The molecule has 0 aliphatic carbocycles. The predicted molar refractivity (Wildman–Crippen MR) is 81.2 cm³/mol. The van der Waals surface area contributed by atoms with Gasteiger partial charge in [0.2, 0.25) is 0 Å². The standard InChI is InChI=1S/C15H14N4O2/c1-21-12-6-7-13(17)14(8-12)19-15(20)18-11-4-2-10(9-16)3-5-11/h2-8H,17H2,1H3,(H2,18,19,20). The van der Waals surface area contributed by atoms with Crippen molar-refractivity contribution in [2.24, 2.45) is 0 Å². The van der Waals surface area contributed by atoms with Gasteiger partial charge in [0.05, 0.1) is 30.1 Å². The second-order valence-electron chi connectivity index (χ2n) is 4.22. The highest BCUT2D eigenvalue weighted by Gasteiger charge is 2.07. The number of nitrogens with one attached hydrogen (secondary N) is 2. The number of carbonyl (C=O) groups is 1. The Morgan fingerprint density at radius 3 is 2.52 bits per heavy atom. The highest BCUT2D eigenvalue weighted by molar-refractivity contribution is 6.01. The quantitative estimate of drug-likeness (QED) is 0.753. The number of nitriles is 1. The average molecular weight is 282 g/mol. The lowest BCUT2D eigenvalue weighted by molar-refractivity contribution is 0.262. The van der Waals surface area contributed by atoms with Crippen molar-refractivity contribution in [3.05, 3.63) is 48.0 Å². The van der Waals surface area contributed by atoms with Crippen LogP contribution in [-0.4, -0.2) is 13.1 Å². The Hall–Kier alpha value is -3.20. The normalized spacial score (nSPS) is 9.52. The van der Waals surface area contributed by atoms with Gasteiger partial charge in [-0.05, 0) is 36.4 Å². The van der Waals surface area contributed by atoms with Gasteiger partial charge in [0, 0.05) is 11.8 Å². The molecule has 0 atom stereocenters. The first-order valence-electron chi connectivity index (χ1n) is 6.14.